The largest absolute Gasteiger partial charge is 0.465 e. The topological polar surface area (TPSA) is 102 Å². The van der Waals surface area contributed by atoms with Crippen LogP contribution in [-0.4, -0.2) is 23.7 Å². The highest BCUT2D eigenvalue weighted by molar-refractivity contribution is 5.86. The first-order valence-corrected chi connectivity index (χ1v) is 4.84. The lowest BCUT2D eigenvalue weighted by Crippen LogP contribution is -2.39. The van der Waals surface area contributed by atoms with Crippen molar-refractivity contribution in [2.75, 3.05) is 6.54 Å². The molecule has 1 rings (SSSR count). The third kappa shape index (κ3) is 3.83. The van der Waals surface area contributed by atoms with Crippen LogP contribution in [0.2, 0.25) is 0 Å². The zero-order chi connectivity index (χ0) is 12.7. The first kappa shape index (κ1) is 12.5. The average molecular weight is 233 g/mol. The summed E-state index contributed by atoms with van der Waals surface area (Å²) < 4.78 is 0. The van der Waals surface area contributed by atoms with Crippen molar-refractivity contribution in [1.82, 2.24) is 10.6 Å². The van der Waals surface area contributed by atoms with Crippen molar-refractivity contribution in [3.63, 3.8) is 0 Å². The van der Waals surface area contributed by atoms with Gasteiger partial charge < -0.3 is 15.7 Å². The third-order valence-corrected chi connectivity index (χ3v) is 2.00. The molecule has 0 aliphatic carbocycles. The van der Waals surface area contributed by atoms with Crippen molar-refractivity contribution in [2.24, 2.45) is 0 Å². The Labute approximate surface area is 97.9 Å². The first-order chi connectivity index (χ1) is 8.15. The van der Waals surface area contributed by atoms with Gasteiger partial charge in [0.2, 0.25) is 5.91 Å². The SMILES string of the molecule is N#CCNC(=O)C(NC(=O)O)c1ccccc1. The van der Waals surface area contributed by atoms with Crippen LogP contribution < -0.4 is 10.6 Å². The number of hydrogen-bond donors (Lipinski definition) is 3. The van der Waals surface area contributed by atoms with Gasteiger partial charge in [-0.05, 0) is 5.56 Å². The standard InChI is InChI=1S/C11H11N3O3/c12-6-7-13-10(15)9(14-11(16)17)8-4-2-1-3-5-8/h1-5,9,14H,7H2,(H,13,15)(H,16,17). The van der Waals surface area contributed by atoms with Crippen LogP contribution in [0.3, 0.4) is 0 Å². The minimum Gasteiger partial charge on any atom is -0.465 e. The summed E-state index contributed by atoms with van der Waals surface area (Å²) in [6.45, 7) is -0.163. The highest BCUT2D eigenvalue weighted by Gasteiger charge is 2.21. The number of rotatable bonds is 4. The molecule has 0 fully saturated rings. The molecule has 0 aliphatic heterocycles. The van der Waals surface area contributed by atoms with Gasteiger partial charge in [0.1, 0.15) is 12.6 Å². The lowest BCUT2D eigenvalue weighted by Gasteiger charge is -2.15. The fraction of sp³-hybridized carbons (Fsp3) is 0.182. The van der Waals surface area contributed by atoms with Gasteiger partial charge in [0, 0.05) is 0 Å². The molecular weight excluding hydrogens is 222 g/mol. The molecule has 88 valence electrons. The summed E-state index contributed by atoms with van der Waals surface area (Å²) in [7, 11) is 0. The van der Waals surface area contributed by atoms with Crippen LogP contribution in [0, 0.1) is 11.3 Å². The van der Waals surface area contributed by atoms with Crippen molar-refractivity contribution < 1.29 is 14.7 Å². The van der Waals surface area contributed by atoms with Gasteiger partial charge in [0.15, 0.2) is 0 Å². The number of carbonyl (C=O) groups excluding carboxylic acids is 1. The molecule has 3 N–H and O–H groups in total. The quantitative estimate of drug-likeness (QED) is 0.664. The second-order valence-electron chi connectivity index (χ2n) is 3.17. The molecule has 0 spiro atoms. The van der Waals surface area contributed by atoms with Crippen molar-refractivity contribution in [2.45, 2.75) is 6.04 Å². The molecule has 0 saturated heterocycles. The van der Waals surface area contributed by atoms with E-state index in [1.807, 2.05) is 0 Å². The van der Waals surface area contributed by atoms with Crippen molar-refractivity contribution in [3.05, 3.63) is 35.9 Å². The van der Waals surface area contributed by atoms with E-state index in [0.717, 1.165) is 0 Å². The Hall–Kier alpha value is -2.55. The van der Waals surface area contributed by atoms with Crippen LogP contribution in [-0.2, 0) is 4.79 Å². The van der Waals surface area contributed by atoms with Gasteiger partial charge in [-0.1, -0.05) is 30.3 Å². The number of nitrogens with zero attached hydrogens (tertiary/aromatic N) is 1. The zero-order valence-corrected chi connectivity index (χ0v) is 8.88. The minimum atomic E-state index is -1.30. The van der Waals surface area contributed by atoms with Crippen LogP contribution in [0.25, 0.3) is 0 Å². The van der Waals surface area contributed by atoms with Gasteiger partial charge >= 0.3 is 6.09 Å². The maximum atomic E-state index is 11.7. The van der Waals surface area contributed by atoms with Crippen LogP contribution in [0.4, 0.5) is 4.79 Å². The summed E-state index contributed by atoms with van der Waals surface area (Å²) in [6, 6.07) is 9.16. The molecule has 1 atom stereocenters. The summed E-state index contributed by atoms with van der Waals surface area (Å²) >= 11 is 0. The van der Waals surface area contributed by atoms with Gasteiger partial charge in [-0.2, -0.15) is 5.26 Å². The molecule has 0 bridgehead atoms. The van der Waals surface area contributed by atoms with E-state index >= 15 is 0 Å². The lowest BCUT2D eigenvalue weighted by molar-refractivity contribution is -0.122. The third-order valence-electron chi connectivity index (χ3n) is 2.00. The van der Waals surface area contributed by atoms with Crippen LogP contribution in [0.15, 0.2) is 30.3 Å². The van der Waals surface area contributed by atoms with E-state index in [9.17, 15) is 9.59 Å². The molecule has 1 unspecified atom stereocenters. The fourth-order valence-electron chi connectivity index (χ4n) is 1.30. The predicted octanol–water partition coefficient (Wildman–Crippen LogP) is 0.635. The smallest absolute Gasteiger partial charge is 0.405 e. The van der Waals surface area contributed by atoms with Gasteiger partial charge in [0.05, 0.1) is 6.07 Å². The van der Waals surface area contributed by atoms with E-state index in [0.29, 0.717) is 5.56 Å². The lowest BCUT2D eigenvalue weighted by atomic mass is 10.1. The summed E-state index contributed by atoms with van der Waals surface area (Å²) in [4.78, 5) is 22.3. The average Bonchev–Trinajstić information content (AvgIpc) is 2.34. The van der Waals surface area contributed by atoms with Crippen LogP contribution in [0.5, 0.6) is 0 Å². The van der Waals surface area contributed by atoms with Crippen molar-refractivity contribution >= 4 is 12.0 Å². The maximum Gasteiger partial charge on any atom is 0.405 e. The van der Waals surface area contributed by atoms with Gasteiger partial charge in [0.25, 0.3) is 0 Å². The maximum absolute atomic E-state index is 11.7. The zero-order valence-electron chi connectivity index (χ0n) is 8.88. The van der Waals surface area contributed by atoms with E-state index in [4.69, 9.17) is 10.4 Å². The number of nitriles is 1. The molecule has 0 radical (unpaired) electrons. The number of hydrogen-bond acceptors (Lipinski definition) is 3. The van der Waals surface area contributed by atoms with Crippen molar-refractivity contribution in [1.29, 1.82) is 5.26 Å². The fourth-order valence-corrected chi connectivity index (χ4v) is 1.30. The molecule has 1 aromatic carbocycles. The Balaban J connectivity index is 2.85. The minimum absolute atomic E-state index is 0.163. The molecular formula is C11H11N3O3. The highest BCUT2D eigenvalue weighted by Crippen LogP contribution is 2.12. The van der Waals surface area contributed by atoms with E-state index in [2.05, 4.69) is 10.6 Å². The summed E-state index contributed by atoms with van der Waals surface area (Å²) in [5.41, 5.74) is 0.519. The number of carbonyl (C=O) groups is 2. The van der Waals surface area contributed by atoms with E-state index in [1.54, 1.807) is 36.4 Å². The molecule has 0 aromatic heterocycles. The van der Waals surface area contributed by atoms with Crippen molar-refractivity contribution in [3.8, 4) is 6.07 Å². The second kappa shape index (κ2) is 6.12. The Morgan fingerprint density at radius 2 is 2.00 bits per heavy atom. The van der Waals surface area contributed by atoms with Gasteiger partial charge in [-0.15, -0.1) is 0 Å². The summed E-state index contributed by atoms with van der Waals surface area (Å²) in [5.74, 6) is -0.555. The molecule has 6 heteroatoms. The molecule has 1 aromatic rings. The number of benzene rings is 1. The normalized spacial score (nSPS) is 11.0. The summed E-state index contributed by atoms with van der Waals surface area (Å²) in [5, 5.41) is 21.4. The molecule has 17 heavy (non-hydrogen) atoms. The van der Waals surface area contributed by atoms with E-state index in [-0.39, 0.29) is 6.54 Å². The van der Waals surface area contributed by atoms with Gasteiger partial charge in [-0.25, -0.2) is 4.79 Å². The number of nitrogens with one attached hydrogen (secondary N) is 2. The number of carboxylic acid groups (broad SMARTS) is 1. The van der Waals surface area contributed by atoms with E-state index in [1.165, 1.54) is 0 Å². The Morgan fingerprint density at radius 1 is 1.35 bits per heavy atom. The molecule has 0 aliphatic rings. The molecule has 6 nitrogen and oxygen atoms in total. The highest BCUT2D eigenvalue weighted by atomic mass is 16.4. The predicted molar refractivity (Wildman–Crippen MR) is 59.0 cm³/mol. The Morgan fingerprint density at radius 3 is 2.53 bits per heavy atom. The molecule has 0 saturated carbocycles. The van der Waals surface area contributed by atoms with Crippen LogP contribution in [0.1, 0.15) is 11.6 Å². The molecule has 2 amide bonds. The number of amides is 2. The summed E-state index contributed by atoms with van der Waals surface area (Å²) in [6.07, 6.45) is -1.30. The Kier molecular flexibility index (Phi) is 4.51. The van der Waals surface area contributed by atoms with E-state index < -0.39 is 18.0 Å². The molecule has 0 heterocycles. The Bertz CT molecular complexity index is 439. The van der Waals surface area contributed by atoms with Gasteiger partial charge in [-0.3, -0.25) is 4.79 Å². The first-order valence-electron chi connectivity index (χ1n) is 4.84. The monoisotopic (exact) mass is 233 g/mol. The second-order valence-corrected chi connectivity index (χ2v) is 3.17. The van der Waals surface area contributed by atoms with Crippen LogP contribution >= 0.6 is 0 Å².